The van der Waals surface area contributed by atoms with E-state index in [2.05, 4.69) is 17.0 Å². The molecule has 2 aliphatic heterocycles. The van der Waals surface area contributed by atoms with E-state index in [-0.39, 0.29) is 31.8 Å². The first-order chi connectivity index (χ1) is 12.9. The summed E-state index contributed by atoms with van der Waals surface area (Å²) in [5.74, 6) is -1.48. The third kappa shape index (κ3) is 3.66. The molecule has 2 aliphatic rings. The number of nitrogens with zero attached hydrogens (tertiary/aromatic N) is 2. The van der Waals surface area contributed by atoms with Crippen LogP contribution in [0.4, 0.5) is 18.9 Å². The fourth-order valence-corrected chi connectivity index (χ4v) is 3.92. The molecule has 3 nitrogen and oxygen atoms in total. The number of fused-ring (bicyclic) bond motifs is 1. The first kappa shape index (κ1) is 17.9. The van der Waals surface area contributed by atoms with Crippen LogP contribution in [0.25, 0.3) is 0 Å². The molecule has 142 valence electrons. The summed E-state index contributed by atoms with van der Waals surface area (Å²) in [6, 6.07) is 15.7. The van der Waals surface area contributed by atoms with Crippen LogP contribution in [0.5, 0.6) is 0 Å². The Hall–Kier alpha value is -2.50. The Morgan fingerprint density at radius 2 is 1.44 bits per heavy atom. The second kappa shape index (κ2) is 6.91. The normalized spacial score (nSPS) is 17.9. The van der Waals surface area contributed by atoms with Gasteiger partial charge in [-0.05, 0) is 48.2 Å². The van der Waals surface area contributed by atoms with E-state index in [1.165, 1.54) is 16.0 Å². The van der Waals surface area contributed by atoms with Crippen LogP contribution in [-0.4, -0.2) is 30.1 Å². The summed E-state index contributed by atoms with van der Waals surface area (Å²) in [5.41, 5.74) is 4.19. The van der Waals surface area contributed by atoms with Crippen molar-refractivity contribution in [1.82, 2.24) is 4.90 Å². The molecule has 0 unspecified atom stereocenters. The number of hydrogen-bond acceptors (Lipinski definition) is 2. The summed E-state index contributed by atoms with van der Waals surface area (Å²) >= 11 is 0. The Morgan fingerprint density at radius 1 is 0.889 bits per heavy atom. The monoisotopic (exact) mass is 374 g/mol. The zero-order valence-corrected chi connectivity index (χ0v) is 14.9. The highest BCUT2D eigenvalue weighted by Gasteiger charge is 2.41. The zero-order valence-electron chi connectivity index (χ0n) is 14.9. The number of benzene rings is 2. The van der Waals surface area contributed by atoms with E-state index in [1.54, 1.807) is 12.1 Å². The van der Waals surface area contributed by atoms with Gasteiger partial charge >= 0.3 is 6.18 Å². The first-order valence-corrected chi connectivity index (χ1v) is 9.19. The van der Waals surface area contributed by atoms with Crippen LogP contribution in [0.15, 0.2) is 48.5 Å². The molecule has 1 amide bonds. The molecule has 0 atom stereocenters. The molecule has 2 aromatic rings. The standard InChI is InChI=1S/C21H21F3N2O/c22-21(23,24)18-9-11-25(12-10-18)20(27)15-5-7-19(8-6-15)26-13-16-3-1-2-4-17(16)14-26/h1-8,18H,9-14H2. The molecule has 27 heavy (non-hydrogen) atoms. The van der Waals surface area contributed by atoms with E-state index in [0.29, 0.717) is 5.56 Å². The summed E-state index contributed by atoms with van der Waals surface area (Å²) in [7, 11) is 0. The lowest BCUT2D eigenvalue weighted by Crippen LogP contribution is -2.42. The predicted octanol–water partition coefficient (Wildman–Crippen LogP) is 4.62. The maximum atomic E-state index is 12.8. The lowest BCUT2D eigenvalue weighted by Gasteiger charge is -2.33. The smallest absolute Gasteiger partial charge is 0.363 e. The quantitative estimate of drug-likeness (QED) is 0.766. The van der Waals surface area contributed by atoms with Gasteiger partial charge in [0, 0.05) is 37.4 Å². The van der Waals surface area contributed by atoms with Gasteiger partial charge in [0.05, 0.1) is 5.92 Å². The zero-order chi connectivity index (χ0) is 19.0. The minimum atomic E-state index is -4.16. The number of likely N-dealkylation sites (tertiary alicyclic amines) is 1. The van der Waals surface area contributed by atoms with Gasteiger partial charge in [-0.3, -0.25) is 4.79 Å². The number of carbonyl (C=O) groups excluding carboxylic acids is 1. The minimum Gasteiger partial charge on any atom is -0.363 e. The van der Waals surface area contributed by atoms with Gasteiger partial charge in [0.15, 0.2) is 0 Å². The molecule has 2 heterocycles. The van der Waals surface area contributed by atoms with Crippen molar-refractivity contribution < 1.29 is 18.0 Å². The molecule has 1 saturated heterocycles. The largest absolute Gasteiger partial charge is 0.391 e. The first-order valence-electron chi connectivity index (χ1n) is 9.19. The molecule has 6 heteroatoms. The van der Waals surface area contributed by atoms with Crippen LogP contribution in [0.3, 0.4) is 0 Å². The molecule has 1 fully saturated rings. The fourth-order valence-electron chi connectivity index (χ4n) is 3.92. The number of carbonyl (C=O) groups is 1. The second-order valence-corrected chi connectivity index (χ2v) is 7.28. The minimum absolute atomic E-state index is 0.0145. The Bertz CT molecular complexity index is 799. The summed E-state index contributed by atoms with van der Waals surface area (Å²) < 4.78 is 38.3. The van der Waals surface area contributed by atoms with Gasteiger partial charge in [0.25, 0.3) is 5.91 Å². The van der Waals surface area contributed by atoms with Gasteiger partial charge in [-0.1, -0.05) is 24.3 Å². The number of amides is 1. The third-order valence-electron chi connectivity index (χ3n) is 5.57. The number of anilines is 1. The van der Waals surface area contributed by atoms with Crippen molar-refractivity contribution in [3.8, 4) is 0 Å². The highest BCUT2D eigenvalue weighted by Crippen LogP contribution is 2.34. The van der Waals surface area contributed by atoms with E-state index in [0.717, 1.165) is 18.8 Å². The summed E-state index contributed by atoms with van der Waals surface area (Å²) in [4.78, 5) is 16.4. The molecule has 0 aromatic heterocycles. The van der Waals surface area contributed by atoms with Gasteiger partial charge < -0.3 is 9.80 Å². The number of halogens is 3. The molecule has 0 saturated carbocycles. The van der Waals surface area contributed by atoms with Gasteiger partial charge in [0.2, 0.25) is 0 Å². The van der Waals surface area contributed by atoms with Crippen molar-refractivity contribution in [2.24, 2.45) is 5.92 Å². The number of piperidine rings is 1. The lowest BCUT2D eigenvalue weighted by molar-refractivity contribution is -0.183. The van der Waals surface area contributed by atoms with Crippen LogP contribution in [0.2, 0.25) is 0 Å². The van der Waals surface area contributed by atoms with E-state index in [1.807, 2.05) is 24.3 Å². The van der Waals surface area contributed by atoms with Crippen LogP contribution >= 0.6 is 0 Å². The molecule has 0 N–H and O–H groups in total. The molecule has 0 spiro atoms. The maximum Gasteiger partial charge on any atom is 0.391 e. The Labute approximate surface area is 156 Å². The Kier molecular flexibility index (Phi) is 4.58. The topological polar surface area (TPSA) is 23.6 Å². The van der Waals surface area contributed by atoms with Gasteiger partial charge in [0.1, 0.15) is 0 Å². The highest BCUT2D eigenvalue weighted by atomic mass is 19.4. The molecule has 0 bridgehead atoms. The Morgan fingerprint density at radius 3 is 1.96 bits per heavy atom. The average Bonchev–Trinajstić information content (AvgIpc) is 3.11. The SMILES string of the molecule is O=C(c1ccc(N2Cc3ccccc3C2)cc1)N1CCC(C(F)(F)F)CC1. The van der Waals surface area contributed by atoms with E-state index >= 15 is 0 Å². The molecule has 2 aromatic carbocycles. The third-order valence-corrected chi connectivity index (χ3v) is 5.57. The van der Waals surface area contributed by atoms with Crippen molar-refractivity contribution >= 4 is 11.6 Å². The molecular weight excluding hydrogens is 353 g/mol. The lowest BCUT2D eigenvalue weighted by atomic mass is 9.96. The van der Waals surface area contributed by atoms with E-state index < -0.39 is 12.1 Å². The van der Waals surface area contributed by atoms with Crippen molar-refractivity contribution in [1.29, 1.82) is 0 Å². The summed E-state index contributed by atoms with van der Waals surface area (Å²) in [6.45, 7) is 2.00. The van der Waals surface area contributed by atoms with Gasteiger partial charge in [-0.15, -0.1) is 0 Å². The molecule has 4 rings (SSSR count). The summed E-state index contributed by atoms with van der Waals surface area (Å²) in [6.07, 6.45) is -4.19. The predicted molar refractivity (Wildman–Crippen MR) is 97.5 cm³/mol. The molecular formula is C21H21F3N2O. The highest BCUT2D eigenvalue weighted by molar-refractivity contribution is 5.94. The Balaban J connectivity index is 1.39. The molecule has 0 aliphatic carbocycles. The average molecular weight is 374 g/mol. The van der Waals surface area contributed by atoms with Crippen molar-refractivity contribution in [2.45, 2.75) is 32.1 Å². The number of rotatable bonds is 2. The fraction of sp³-hybridized carbons (Fsp3) is 0.381. The summed E-state index contributed by atoms with van der Waals surface area (Å²) in [5, 5.41) is 0. The van der Waals surface area contributed by atoms with E-state index in [4.69, 9.17) is 0 Å². The second-order valence-electron chi connectivity index (χ2n) is 7.28. The number of hydrogen-bond donors (Lipinski definition) is 0. The van der Waals surface area contributed by atoms with Gasteiger partial charge in [-0.2, -0.15) is 13.2 Å². The maximum absolute atomic E-state index is 12.8. The van der Waals surface area contributed by atoms with Crippen molar-refractivity contribution in [2.75, 3.05) is 18.0 Å². The van der Waals surface area contributed by atoms with Crippen LogP contribution < -0.4 is 4.90 Å². The van der Waals surface area contributed by atoms with Crippen molar-refractivity contribution in [3.05, 3.63) is 65.2 Å². The van der Waals surface area contributed by atoms with Crippen LogP contribution in [0.1, 0.15) is 34.3 Å². The van der Waals surface area contributed by atoms with Crippen molar-refractivity contribution in [3.63, 3.8) is 0 Å². The van der Waals surface area contributed by atoms with Crippen LogP contribution in [0, 0.1) is 5.92 Å². The number of alkyl halides is 3. The molecule has 0 radical (unpaired) electrons. The van der Waals surface area contributed by atoms with E-state index in [9.17, 15) is 18.0 Å². The van der Waals surface area contributed by atoms with Crippen LogP contribution in [-0.2, 0) is 13.1 Å². The van der Waals surface area contributed by atoms with Gasteiger partial charge in [-0.25, -0.2) is 0 Å².